The van der Waals surface area contributed by atoms with Gasteiger partial charge in [-0.05, 0) is 42.0 Å². The molecule has 0 saturated heterocycles. The number of nitrogens with one attached hydrogen (secondary N) is 1. The van der Waals surface area contributed by atoms with Gasteiger partial charge in [-0.1, -0.05) is 18.2 Å². The summed E-state index contributed by atoms with van der Waals surface area (Å²) in [5.41, 5.74) is 2.90. The normalized spacial score (nSPS) is 11.1. The summed E-state index contributed by atoms with van der Waals surface area (Å²) in [4.78, 5) is 17.4. The molecule has 2 aromatic carbocycles. The van der Waals surface area contributed by atoms with Crippen molar-refractivity contribution in [1.82, 2.24) is 4.98 Å². The van der Waals surface area contributed by atoms with Gasteiger partial charge in [0.25, 0.3) is 0 Å². The standard InChI is InChI=1S/C21H18F3N3O2/c1-14(28)27(2)18-7-3-5-15(11-18)16-9-10-20(25-13-16)26-17-6-4-8-19(12-17)29-21(22,23)24/h3-13H,1-2H3,(H,25,26). The van der Waals surface area contributed by atoms with Crippen LogP contribution in [0.15, 0.2) is 66.9 Å². The maximum Gasteiger partial charge on any atom is 0.573 e. The van der Waals surface area contributed by atoms with Crippen LogP contribution in [0.1, 0.15) is 6.92 Å². The van der Waals surface area contributed by atoms with Crippen molar-refractivity contribution < 1.29 is 22.7 Å². The van der Waals surface area contributed by atoms with E-state index in [9.17, 15) is 18.0 Å². The molecule has 0 aliphatic rings. The Morgan fingerprint density at radius 2 is 1.79 bits per heavy atom. The van der Waals surface area contributed by atoms with Crippen molar-refractivity contribution in [3.05, 3.63) is 66.9 Å². The molecule has 0 atom stereocenters. The quantitative estimate of drug-likeness (QED) is 0.624. The molecule has 0 unspecified atom stereocenters. The second-order valence-corrected chi connectivity index (χ2v) is 6.26. The summed E-state index contributed by atoms with van der Waals surface area (Å²) in [7, 11) is 1.70. The predicted molar refractivity (Wildman–Crippen MR) is 105 cm³/mol. The van der Waals surface area contributed by atoms with E-state index < -0.39 is 6.36 Å². The van der Waals surface area contributed by atoms with E-state index in [1.165, 1.54) is 25.1 Å². The van der Waals surface area contributed by atoms with Gasteiger partial charge in [0.2, 0.25) is 5.91 Å². The van der Waals surface area contributed by atoms with Crippen LogP contribution in [0, 0.1) is 0 Å². The first kappa shape index (κ1) is 20.2. The smallest absolute Gasteiger partial charge is 0.406 e. The topological polar surface area (TPSA) is 54.5 Å². The Hall–Kier alpha value is -3.55. The highest BCUT2D eigenvalue weighted by Crippen LogP contribution is 2.28. The molecule has 1 N–H and O–H groups in total. The number of rotatable bonds is 5. The first-order valence-corrected chi connectivity index (χ1v) is 8.65. The molecule has 0 saturated carbocycles. The zero-order valence-corrected chi connectivity index (χ0v) is 15.7. The number of aromatic nitrogens is 1. The molecule has 5 nitrogen and oxygen atoms in total. The lowest BCUT2D eigenvalue weighted by Crippen LogP contribution is -2.22. The Labute approximate surface area is 165 Å². The summed E-state index contributed by atoms with van der Waals surface area (Å²) in [5, 5.41) is 2.94. The van der Waals surface area contributed by atoms with Crippen LogP contribution >= 0.6 is 0 Å². The lowest BCUT2D eigenvalue weighted by molar-refractivity contribution is -0.274. The molecule has 0 spiro atoms. The number of halogens is 3. The van der Waals surface area contributed by atoms with Gasteiger partial charge in [0.1, 0.15) is 11.6 Å². The minimum atomic E-state index is -4.75. The van der Waals surface area contributed by atoms with Crippen LogP contribution in [-0.4, -0.2) is 24.3 Å². The summed E-state index contributed by atoms with van der Waals surface area (Å²) in [5.74, 6) is 0.0806. The van der Waals surface area contributed by atoms with Crippen molar-refractivity contribution in [3.63, 3.8) is 0 Å². The lowest BCUT2D eigenvalue weighted by atomic mass is 10.1. The Morgan fingerprint density at radius 3 is 2.45 bits per heavy atom. The molecule has 3 rings (SSSR count). The van der Waals surface area contributed by atoms with Crippen molar-refractivity contribution in [2.45, 2.75) is 13.3 Å². The third kappa shape index (κ3) is 5.47. The molecule has 29 heavy (non-hydrogen) atoms. The van der Waals surface area contributed by atoms with Crippen molar-refractivity contribution in [1.29, 1.82) is 0 Å². The number of benzene rings is 2. The summed E-state index contributed by atoms with van der Waals surface area (Å²) < 4.78 is 41.0. The predicted octanol–water partition coefficient (Wildman–Crippen LogP) is 5.37. The van der Waals surface area contributed by atoms with Gasteiger partial charge in [-0.25, -0.2) is 4.98 Å². The van der Waals surface area contributed by atoms with Gasteiger partial charge in [0.05, 0.1) is 0 Å². The fraction of sp³-hybridized carbons (Fsp3) is 0.143. The van der Waals surface area contributed by atoms with Crippen molar-refractivity contribution in [2.24, 2.45) is 0 Å². The van der Waals surface area contributed by atoms with E-state index in [4.69, 9.17) is 0 Å². The van der Waals surface area contributed by atoms with E-state index >= 15 is 0 Å². The first-order valence-electron chi connectivity index (χ1n) is 8.65. The summed E-state index contributed by atoms with van der Waals surface area (Å²) in [6, 6.07) is 16.5. The van der Waals surface area contributed by atoms with E-state index in [0.29, 0.717) is 11.5 Å². The molecule has 0 fully saturated rings. The summed E-state index contributed by atoms with van der Waals surface area (Å²) in [6.45, 7) is 1.49. The molecule has 0 aliphatic heterocycles. The molecule has 1 heterocycles. The molecule has 1 amide bonds. The number of carbonyl (C=O) groups excluding carboxylic acids is 1. The number of nitrogens with zero attached hydrogens (tertiary/aromatic N) is 2. The highest BCUT2D eigenvalue weighted by atomic mass is 19.4. The third-order valence-corrected chi connectivity index (χ3v) is 4.14. The van der Waals surface area contributed by atoms with Crippen molar-refractivity contribution in [2.75, 3.05) is 17.3 Å². The SMILES string of the molecule is CC(=O)N(C)c1cccc(-c2ccc(Nc3cccc(OC(F)(F)F)c3)nc2)c1. The number of amides is 1. The Morgan fingerprint density at radius 1 is 1.03 bits per heavy atom. The van der Waals surface area contributed by atoms with Crippen LogP contribution in [0.25, 0.3) is 11.1 Å². The maximum atomic E-state index is 12.4. The van der Waals surface area contributed by atoms with E-state index in [0.717, 1.165) is 16.8 Å². The largest absolute Gasteiger partial charge is 0.573 e. The number of pyridine rings is 1. The van der Waals surface area contributed by atoms with Crippen LogP contribution in [0.2, 0.25) is 0 Å². The van der Waals surface area contributed by atoms with Crippen LogP contribution in [0.4, 0.5) is 30.4 Å². The monoisotopic (exact) mass is 401 g/mol. The maximum absolute atomic E-state index is 12.4. The highest BCUT2D eigenvalue weighted by molar-refractivity contribution is 5.91. The average molecular weight is 401 g/mol. The molecule has 0 bridgehead atoms. The molecule has 0 aliphatic carbocycles. The molecule has 1 aromatic heterocycles. The minimum absolute atomic E-state index is 0.0726. The lowest BCUT2D eigenvalue weighted by Gasteiger charge is -2.16. The second-order valence-electron chi connectivity index (χ2n) is 6.26. The Kier molecular flexibility index (Phi) is 5.72. The van der Waals surface area contributed by atoms with E-state index in [1.54, 1.807) is 30.3 Å². The van der Waals surface area contributed by atoms with Crippen LogP contribution in [-0.2, 0) is 4.79 Å². The Balaban J connectivity index is 1.75. The van der Waals surface area contributed by atoms with Gasteiger partial charge in [-0.3, -0.25) is 4.79 Å². The van der Waals surface area contributed by atoms with E-state index in [-0.39, 0.29) is 11.7 Å². The third-order valence-electron chi connectivity index (χ3n) is 4.14. The van der Waals surface area contributed by atoms with Gasteiger partial charge in [-0.15, -0.1) is 13.2 Å². The van der Waals surface area contributed by atoms with Gasteiger partial charge < -0.3 is 15.0 Å². The molecule has 0 radical (unpaired) electrons. The number of ether oxygens (including phenoxy) is 1. The number of alkyl halides is 3. The summed E-state index contributed by atoms with van der Waals surface area (Å²) >= 11 is 0. The van der Waals surface area contributed by atoms with Crippen LogP contribution < -0.4 is 15.0 Å². The van der Waals surface area contributed by atoms with E-state index in [1.807, 2.05) is 30.3 Å². The molecule has 3 aromatic rings. The van der Waals surface area contributed by atoms with Gasteiger partial charge in [0, 0.05) is 43.2 Å². The van der Waals surface area contributed by atoms with Crippen molar-refractivity contribution in [3.8, 4) is 16.9 Å². The zero-order valence-electron chi connectivity index (χ0n) is 15.7. The van der Waals surface area contributed by atoms with Crippen LogP contribution in [0.3, 0.4) is 0 Å². The van der Waals surface area contributed by atoms with Gasteiger partial charge in [0.15, 0.2) is 0 Å². The van der Waals surface area contributed by atoms with Gasteiger partial charge >= 0.3 is 6.36 Å². The zero-order chi connectivity index (χ0) is 21.0. The number of hydrogen-bond donors (Lipinski definition) is 1. The fourth-order valence-electron chi connectivity index (χ4n) is 2.63. The van der Waals surface area contributed by atoms with Gasteiger partial charge in [-0.2, -0.15) is 0 Å². The van der Waals surface area contributed by atoms with Crippen molar-refractivity contribution >= 4 is 23.1 Å². The van der Waals surface area contributed by atoms with E-state index in [2.05, 4.69) is 15.0 Å². The number of hydrogen-bond acceptors (Lipinski definition) is 4. The molecule has 150 valence electrons. The summed E-state index contributed by atoms with van der Waals surface area (Å²) in [6.07, 6.45) is -3.10. The molecular weight excluding hydrogens is 383 g/mol. The molecule has 8 heteroatoms. The van der Waals surface area contributed by atoms with Crippen LogP contribution in [0.5, 0.6) is 5.75 Å². The number of anilines is 3. The molecular formula is C21H18F3N3O2. The fourth-order valence-corrected chi connectivity index (χ4v) is 2.63. The first-order chi connectivity index (χ1) is 13.7. The number of carbonyl (C=O) groups is 1. The second kappa shape index (κ2) is 8.22. The average Bonchev–Trinajstić information content (AvgIpc) is 2.67. The highest BCUT2D eigenvalue weighted by Gasteiger charge is 2.31. The Bertz CT molecular complexity index is 1000. The minimum Gasteiger partial charge on any atom is -0.406 e.